The number of methoxy groups -OCH3 is 1. The summed E-state index contributed by atoms with van der Waals surface area (Å²) in [4.78, 5) is 32.2. The lowest BCUT2D eigenvalue weighted by molar-refractivity contribution is -0.132. The number of ketones is 1. The zero-order chi connectivity index (χ0) is 24.0. The third-order valence-corrected chi connectivity index (χ3v) is 6.76. The number of fused-ring (bicyclic) bond motifs is 1. The maximum absolute atomic E-state index is 13.8. The molecule has 1 aliphatic rings. The van der Waals surface area contributed by atoms with Crippen LogP contribution in [0.4, 0.5) is 9.52 Å². The number of hydrogen-bond donors (Lipinski definition) is 1. The molecule has 1 amide bonds. The largest absolute Gasteiger partial charge is 0.507 e. The number of carbonyl (C=O) groups excluding carboxylic acids is 2. The molecule has 0 bridgehead atoms. The number of ether oxygens (including phenoxy) is 1. The fourth-order valence-electron chi connectivity index (χ4n) is 3.99. The topological polar surface area (TPSA) is 79.7 Å². The number of aliphatic hydroxyl groups is 1. The van der Waals surface area contributed by atoms with E-state index in [9.17, 15) is 19.1 Å². The number of aliphatic hydroxyl groups excluding tert-OH is 1. The van der Waals surface area contributed by atoms with Gasteiger partial charge in [0.2, 0.25) is 0 Å². The van der Waals surface area contributed by atoms with Crippen LogP contribution in [0.1, 0.15) is 22.7 Å². The SMILES string of the molecule is COc1ccc([C@H]2/C(=C(\O)c3ccc(C)cc3)C(=O)C(=O)N2c2nc3ccc(F)cc3s2)cc1. The number of hydrogen-bond acceptors (Lipinski definition) is 6. The average molecular weight is 475 g/mol. The molecule has 1 saturated heterocycles. The molecule has 1 atom stereocenters. The van der Waals surface area contributed by atoms with Crippen molar-refractivity contribution >= 4 is 44.1 Å². The van der Waals surface area contributed by atoms with Gasteiger partial charge in [-0.1, -0.05) is 53.3 Å². The maximum Gasteiger partial charge on any atom is 0.301 e. The van der Waals surface area contributed by atoms with E-state index in [1.165, 1.54) is 23.1 Å². The Hall–Kier alpha value is -4.04. The highest BCUT2D eigenvalue weighted by atomic mass is 32.1. The number of halogens is 1. The Morgan fingerprint density at radius 2 is 1.76 bits per heavy atom. The van der Waals surface area contributed by atoms with Crippen molar-refractivity contribution < 1.29 is 23.8 Å². The van der Waals surface area contributed by atoms with Gasteiger partial charge in [0.1, 0.15) is 17.3 Å². The van der Waals surface area contributed by atoms with Crippen molar-refractivity contribution in [2.45, 2.75) is 13.0 Å². The molecule has 0 spiro atoms. The lowest BCUT2D eigenvalue weighted by Crippen LogP contribution is -2.29. The molecule has 0 radical (unpaired) electrons. The monoisotopic (exact) mass is 474 g/mol. The van der Waals surface area contributed by atoms with Gasteiger partial charge in [-0.25, -0.2) is 9.37 Å². The van der Waals surface area contributed by atoms with E-state index >= 15 is 0 Å². The summed E-state index contributed by atoms with van der Waals surface area (Å²) in [5, 5.41) is 11.4. The Labute approximate surface area is 198 Å². The van der Waals surface area contributed by atoms with Crippen LogP contribution in [0.3, 0.4) is 0 Å². The number of carbonyl (C=O) groups is 2. The van der Waals surface area contributed by atoms with Crippen LogP contribution in [0, 0.1) is 12.7 Å². The zero-order valence-electron chi connectivity index (χ0n) is 18.3. The minimum Gasteiger partial charge on any atom is -0.507 e. The highest BCUT2D eigenvalue weighted by molar-refractivity contribution is 7.22. The first kappa shape index (κ1) is 21.8. The van der Waals surface area contributed by atoms with Gasteiger partial charge in [-0.05, 0) is 42.8 Å². The summed E-state index contributed by atoms with van der Waals surface area (Å²) in [6.07, 6.45) is 0. The standard InChI is InChI=1S/C26H19FN2O4S/c1-14-3-5-16(6-4-14)23(30)21-22(15-7-10-18(33-2)11-8-15)29(25(32)24(21)31)26-28-19-12-9-17(27)13-20(19)34-26/h3-13,22,30H,1-2H3/b23-21+/t22-/m0/s1. The molecule has 1 aliphatic heterocycles. The van der Waals surface area contributed by atoms with Crippen molar-refractivity contribution in [2.75, 3.05) is 12.0 Å². The molecule has 0 unspecified atom stereocenters. The van der Waals surface area contributed by atoms with Gasteiger partial charge < -0.3 is 9.84 Å². The van der Waals surface area contributed by atoms with Crippen molar-refractivity contribution in [1.29, 1.82) is 0 Å². The minimum absolute atomic E-state index is 0.0375. The van der Waals surface area contributed by atoms with Crippen molar-refractivity contribution in [1.82, 2.24) is 4.98 Å². The number of aromatic nitrogens is 1. The summed E-state index contributed by atoms with van der Waals surface area (Å²) in [7, 11) is 1.54. The molecular weight excluding hydrogens is 455 g/mol. The van der Waals surface area contributed by atoms with Gasteiger partial charge in [0, 0.05) is 5.56 Å². The molecule has 34 heavy (non-hydrogen) atoms. The van der Waals surface area contributed by atoms with Crippen molar-refractivity contribution in [3.05, 3.63) is 94.8 Å². The third-order valence-electron chi connectivity index (χ3n) is 5.75. The van der Waals surface area contributed by atoms with Crippen molar-refractivity contribution in [3.8, 4) is 5.75 Å². The second kappa shape index (κ2) is 8.39. The van der Waals surface area contributed by atoms with E-state index in [0.29, 0.717) is 27.1 Å². The van der Waals surface area contributed by atoms with Gasteiger partial charge in [0.05, 0.1) is 28.9 Å². The Morgan fingerprint density at radius 3 is 2.44 bits per heavy atom. The molecule has 1 aromatic heterocycles. The number of rotatable bonds is 4. The molecule has 3 aromatic carbocycles. The van der Waals surface area contributed by atoms with Gasteiger partial charge in [-0.15, -0.1) is 0 Å². The van der Waals surface area contributed by atoms with Gasteiger partial charge in [0.15, 0.2) is 5.13 Å². The van der Waals surface area contributed by atoms with Gasteiger partial charge in [-0.2, -0.15) is 0 Å². The lowest BCUT2D eigenvalue weighted by atomic mass is 9.95. The minimum atomic E-state index is -0.919. The molecule has 8 heteroatoms. The van der Waals surface area contributed by atoms with Crippen LogP contribution in [0.2, 0.25) is 0 Å². The number of Topliss-reactive ketones (excluding diaryl/α,β-unsaturated/α-hetero) is 1. The van der Waals surface area contributed by atoms with Gasteiger partial charge in [0.25, 0.3) is 5.78 Å². The second-order valence-corrected chi connectivity index (χ2v) is 8.93. The van der Waals surface area contributed by atoms with E-state index in [1.54, 1.807) is 43.5 Å². The van der Waals surface area contributed by atoms with Crippen molar-refractivity contribution in [3.63, 3.8) is 0 Å². The van der Waals surface area contributed by atoms with Crippen LogP contribution in [0.25, 0.3) is 16.0 Å². The predicted molar refractivity (Wildman–Crippen MR) is 129 cm³/mol. The Morgan fingerprint density at radius 1 is 1.06 bits per heavy atom. The Balaban J connectivity index is 1.72. The number of amides is 1. The molecule has 4 aromatic rings. The zero-order valence-corrected chi connectivity index (χ0v) is 19.1. The number of aryl methyl sites for hydroxylation is 1. The molecule has 5 rings (SSSR count). The molecular formula is C26H19FN2O4S. The lowest BCUT2D eigenvalue weighted by Gasteiger charge is -2.23. The first-order valence-corrected chi connectivity index (χ1v) is 11.3. The normalized spacial score (nSPS) is 17.5. The first-order valence-electron chi connectivity index (χ1n) is 10.5. The van der Waals surface area contributed by atoms with Crippen LogP contribution in [-0.4, -0.2) is 28.9 Å². The van der Waals surface area contributed by atoms with Crippen LogP contribution in [-0.2, 0) is 9.59 Å². The predicted octanol–water partition coefficient (Wildman–Crippen LogP) is 5.38. The second-order valence-electron chi connectivity index (χ2n) is 7.92. The Kier molecular flexibility index (Phi) is 5.37. The highest BCUT2D eigenvalue weighted by Crippen LogP contribution is 2.44. The van der Waals surface area contributed by atoms with E-state index < -0.39 is 23.5 Å². The molecule has 0 aliphatic carbocycles. The summed E-state index contributed by atoms with van der Waals surface area (Å²) in [5.74, 6) is -1.71. The molecule has 6 nitrogen and oxygen atoms in total. The first-order chi connectivity index (χ1) is 16.4. The molecule has 1 N–H and O–H groups in total. The van der Waals surface area contributed by atoms with E-state index in [2.05, 4.69) is 4.98 Å². The van der Waals surface area contributed by atoms with E-state index in [1.807, 2.05) is 19.1 Å². The van der Waals surface area contributed by atoms with Crippen LogP contribution in [0.5, 0.6) is 5.75 Å². The summed E-state index contributed by atoms with van der Waals surface area (Å²) in [5.41, 5.74) is 2.48. The average Bonchev–Trinajstić information content (AvgIpc) is 3.37. The van der Waals surface area contributed by atoms with Crippen molar-refractivity contribution in [2.24, 2.45) is 0 Å². The van der Waals surface area contributed by atoms with Crippen LogP contribution < -0.4 is 9.64 Å². The number of nitrogens with zero attached hydrogens (tertiary/aromatic N) is 2. The summed E-state index contributed by atoms with van der Waals surface area (Å²) in [6, 6.07) is 17.2. The summed E-state index contributed by atoms with van der Waals surface area (Å²) >= 11 is 1.10. The number of thiazole rings is 1. The van der Waals surface area contributed by atoms with Gasteiger partial charge >= 0.3 is 5.91 Å². The quantitative estimate of drug-likeness (QED) is 0.244. The van der Waals surface area contributed by atoms with Gasteiger partial charge in [-0.3, -0.25) is 14.5 Å². The number of anilines is 1. The maximum atomic E-state index is 13.8. The van der Waals surface area contributed by atoms with E-state index in [-0.39, 0.29) is 16.5 Å². The molecule has 170 valence electrons. The number of benzene rings is 3. The summed E-state index contributed by atoms with van der Waals surface area (Å²) in [6.45, 7) is 1.91. The molecule has 1 fully saturated rings. The fourth-order valence-corrected chi connectivity index (χ4v) is 5.00. The highest BCUT2D eigenvalue weighted by Gasteiger charge is 2.48. The fraction of sp³-hybridized carbons (Fsp3) is 0.115. The Bertz CT molecular complexity index is 1460. The third kappa shape index (κ3) is 3.62. The smallest absolute Gasteiger partial charge is 0.301 e. The summed E-state index contributed by atoms with van der Waals surface area (Å²) < 4.78 is 19.5. The molecule has 2 heterocycles. The van der Waals surface area contributed by atoms with E-state index in [4.69, 9.17) is 4.74 Å². The van der Waals surface area contributed by atoms with Crippen LogP contribution in [0.15, 0.2) is 72.3 Å². The van der Waals surface area contributed by atoms with Crippen LogP contribution >= 0.6 is 11.3 Å². The molecule has 0 saturated carbocycles. The van der Waals surface area contributed by atoms with E-state index in [0.717, 1.165) is 16.9 Å².